The Labute approximate surface area is 117 Å². The summed E-state index contributed by atoms with van der Waals surface area (Å²) < 4.78 is 0.623. The van der Waals surface area contributed by atoms with Gasteiger partial charge in [-0.3, -0.25) is 4.79 Å². The molecule has 5 nitrogen and oxygen atoms in total. The number of aromatic nitrogens is 3. The van der Waals surface area contributed by atoms with Gasteiger partial charge >= 0.3 is 0 Å². The number of anilines is 1. The molecule has 3 rings (SSSR count). The van der Waals surface area contributed by atoms with E-state index >= 15 is 0 Å². The second kappa shape index (κ2) is 4.81. The molecule has 19 heavy (non-hydrogen) atoms. The fourth-order valence-electron chi connectivity index (χ4n) is 1.75. The van der Waals surface area contributed by atoms with E-state index in [-0.39, 0.29) is 5.91 Å². The molecule has 94 valence electrons. The van der Waals surface area contributed by atoms with Crippen molar-refractivity contribution in [1.29, 1.82) is 0 Å². The highest BCUT2D eigenvalue weighted by Gasteiger charge is 2.08. The fraction of sp³-hybridized carbons (Fsp3) is 0. The van der Waals surface area contributed by atoms with Crippen LogP contribution in [0.15, 0.2) is 47.5 Å². The number of halogens is 1. The normalized spacial score (nSPS) is 10.6. The van der Waals surface area contributed by atoms with Gasteiger partial charge in [0.25, 0.3) is 5.91 Å². The second-order valence-electron chi connectivity index (χ2n) is 3.96. The minimum Gasteiger partial charge on any atom is -0.361 e. The lowest BCUT2D eigenvalue weighted by molar-refractivity contribution is 0.102. The van der Waals surface area contributed by atoms with Crippen LogP contribution in [0.1, 0.15) is 10.4 Å². The number of nitrogens with zero attached hydrogens (tertiary/aromatic N) is 2. The predicted octanol–water partition coefficient (Wildman–Crippen LogP) is 2.97. The van der Waals surface area contributed by atoms with E-state index in [9.17, 15) is 4.79 Å². The first-order valence-electron chi connectivity index (χ1n) is 5.58. The van der Waals surface area contributed by atoms with Crippen molar-refractivity contribution in [2.75, 3.05) is 5.32 Å². The molecule has 0 bridgehead atoms. The van der Waals surface area contributed by atoms with Crippen molar-refractivity contribution in [3.63, 3.8) is 0 Å². The van der Waals surface area contributed by atoms with Crippen molar-refractivity contribution in [3.05, 3.63) is 53.0 Å². The first-order chi connectivity index (χ1) is 9.22. The number of rotatable bonds is 2. The van der Waals surface area contributed by atoms with E-state index in [1.807, 2.05) is 18.3 Å². The number of benzene rings is 1. The van der Waals surface area contributed by atoms with Gasteiger partial charge in [-0.05, 0) is 39.5 Å². The fourth-order valence-corrected chi connectivity index (χ4v) is 1.96. The summed E-state index contributed by atoms with van der Waals surface area (Å²) in [6.07, 6.45) is 4.87. The Morgan fingerprint density at radius 2 is 2.11 bits per heavy atom. The maximum absolute atomic E-state index is 12.1. The van der Waals surface area contributed by atoms with Gasteiger partial charge in [0.1, 0.15) is 4.60 Å². The standard InChI is InChI=1S/C13H9BrN4O/c14-11-6-17-12(7-16-11)18-13(19)9-2-1-8-3-4-15-10(8)5-9/h1-7,15H,(H,17,18,19). The number of hydrogen-bond donors (Lipinski definition) is 2. The van der Waals surface area contributed by atoms with Crippen LogP contribution >= 0.6 is 15.9 Å². The third-order valence-corrected chi connectivity index (χ3v) is 3.09. The number of hydrogen-bond acceptors (Lipinski definition) is 3. The SMILES string of the molecule is O=C(Nc1cnc(Br)cn1)c1ccc2cc[nH]c2c1. The molecule has 0 fully saturated rings. The van der Waals surface area contributed by atoms with Gasteiger partial charge in [0.2, 0.25) is 0 Å². The molecule has 0 radical (unpaired) electrons. The molecule has 1 amide bonds. The molecule has 0 saturated heterocycles. The summed E-state index contributed by atoms with van der Waals surface area (Å²) in [6.45, 7) is 0. The zero-order valence-corrected chi connectivity index (χ0v) is 11.3. The zero-order chi connectivity index (χ0) is 13.2. The van der Waals surface area contributed by atoms with E-state index in [1.54, 1.807) is 12.1 Å². The lowest BCUT2D eigenvalue weighted by atomic mass is 10.1. The van der Waals surface area contributed by atoms with Gasteiger partial charge in [0, 0.05) is 17.3 Å². The number of nitrogens with one attached hydrogen (secondary N) is 2. The molecule has 0 spiro atoms. The molecular weight excluding hydrogens is 308 g/mol. The molecule has 0 unspecified atom stereocenters. The monoisotopic (exact) mass is 316 g/mol. The first kappa shape index (κ1) is 11.9. The molecular formula is C13H9BrN4O. The quantitative estimate of drug-likeness (QED) is 0.763. The Hall–Kier alpha value is -2.21. The number of aromatic amines is 1. The summed E-state index contributed by atoms with van der Waals surface area (Å²) in [5.74, 6) is 0.202. The van der Waals surface area contributed by atoms with Gasteiger partial charge in [-0.2, -0.15) is 0 Å². The minimum atomic E-state index is -0.215. The third-order valence-electron chi connectivity index (χ3n) is 2.68. The summed E-state index contributed by atoms with van der Waals surface area (Å²) >= 11 is 3.19. The van der Waals surface area contributed by atoms with Gasteiger partial charge in [-0.25, -0.2) is 9.97 Å². The van der Waals surface area contributed by atoms with E-state index in [4.69, 9.17) is 0 Å². The maximum Gasteiger partial charge on any atom is 0.256 e. The molecule has 2 heterocycles. The zero-order valence-electron chi connectivity index (χ0n) is 9.72. The molecule has 0 atom stereocenters. The number of carbonyl (C=O) groups is 1. The Bertz CT molecular complexity index is 736. The molecule has 6 heteroatoms. The Balaban J connectivity index is 1.84. The van der Waals surface area contributed by atoms with E-state index in [2.05, 4.69) is 36.2 Å². The van der Waals surface area contributed by atoms with Crippen LogP contribution < -0.4 is 5.32 Å². The topological polar surface area (TPSA) is 70.7 Å². The summed E-state index contributed by atoms with van der Waals surface area (Å²) in [6, 6.07) is 7.43. The van der Waals surface area contributed by atoms with Gasteiger partial charge in [0.05, 0.1) is 12.4 Å². The van der Waals surface area contributed by atoms with E-state index in [0.29, 0.717) is 16.0 Å². The maximum atomic E-state index is 12.1. The van der Waals surface area contributed by atoms with Crippen LogP contribution in [0.5, 0.6) is 0 Å². The van der Waals surface area contributed by atoms with Crippen LogP contribution in [0.3, 0.4) is 0 Å². The second-order valence-corrected chi connectivity index (χ2v) is 4.77. The van der Waals surface area contributed by atoms with Gasteiger partial charge in [-0.1, -0.05) is 6.07 Å². The number of H-pyrrole nitrogens is 1. The van der Waals surface area contributed by atoms with Gasteiger partial charge in [0.15, 0.2) is 5.82 Å². The number of carbonyl (C=O) groups excluding carboxylic acids is 1. The summed E-state index contributed by atoms with van der Waals surface area (Å²) in [7, 11) is 0. The molecule has 0 aliphatic carbocycles. The van der Waals surface area contributed by atoms with Gasteiger partial charge < -0.3 is 10.3 Å². The van der Waals surface area contributed by atoms with Crippen molar-refractivity contribution in [2.45, 2.75) is 0 Å². The third kappa shape index (κ3) is 2.48. The van der Waals surface area contributed by atoms with Crippen molar-refractivity contribution in [3.8, 4) is 0 Å². The molecule has 0 saturated carbocycles. The average Bonchev–Trinajstić information content (AvgIpc) is 2.88. The van der Waals surface area contributed by atoms with Crippen molar-refractivity contribution in [2.24, 2.45) is 0 Å². The molecule has 2 N–H and O–H groups in total. The van der Waals surface area contributed by atoms with E-state index in [1.165, 1.54) is 12.4 Å². The molecule has 1 aromatic carbocycles. The Kier molecular flexibility index (Phi) is 3.00. The van der Waals surface area contributed by atoms with Crippen LogP contribution in [0.25, 0.3) is 10.9 Å². The number of amides is 1. The largest absolute Gasteiger partial charge is 0.361 e. The summed E-state index contributed by atoms with van der Waals surface area (Å²) in [4.78, 5) is 23.2. The van der Waals surface area contributed by atoms with E-state index < -0.39 is 0 Å². The average molecular weight is 317 g/mol. The summed E-state index contributed by atoms with van der Waals surface area (Å²) in [5, 5.41) is 3.76. The first-order valence-corrected chi connectivity index (χ1v) is 6.38. The highest BCUT2D eigenvalue weighted by atomic mass is 79.9. The Morgan fingerprint density at radius 1 is 1.21 bits per heavy atom. The smallest absolute Gasteiger partial charge is 0.256 e. The van der Waals surface area contributed by atoms with Crippen LogP contribution in [0, 0.1) is 0 Å². The Morgan fingerprint density at radius 3 is 2.89 bits per heavy atom. The van der Waals surface area contributed by atoms with Crippen LogP contribution in [0.2, 0.25) is 0 Å². The van der Waals surface area contributed by atoms with Crippen LogP contribution in [0.4, 0.5) is 5.82 Å². The number of fused-ring (bicyclic) bond motifs is 1. The predicted molar refractivity (Wildman–Crippen MR) is 76.0 cm³/mol. The van der Waals surface area contributed by atoms with Crippen molar-refractivity contribution in [1.82, 2.24) is 15.0 Å². The molecule has 3 aromatic rings. The van der Waals surface area contributed by atoms with E-state index in [0.717, 1.165) is 10.9 Å². The lowest BCUT2D eigenvalue weighted by Gasteiger charge is -2.04. The molecule has 0 aliphatic heterocycles. The van der Waals surface area contributed by atoms with Crippen LogP contribution in [-0.4, -0.2) is 20.9 Å². The highest BCUT2D eigenvalue weighted by Crippen LogP contribution is 2.15. The lowest BCUT2D eigenvalue weighted by Crippen LogP contribution is -2.13. The molecule has 0 aliphatic rings. The van der Waals surface area contributed by atoms with Gasteiger partial charge in [-0.15, -0.1) is 0 Å². The van der Waals surface area contributed by atoms with Crippen molar-refractivity contribution >= 4 is 38.6 Å². The minimum absolute atomic E-state index is 0.215. The van der Waals surface area contributed by atoms with Crippen molar-refractivity contribution < 1.29 is 4.79 Å². The summed E-state index contributed by atoms with van der Waals surface area (Å²) in [5.41, 5.74) is 1.49. The highest BCUT2D eigenvalue weighted by molar-refractivity contribution is 9.10. The van der Waals surface area contributed by atoms with Crippen LogP contribution in [-0.2, 0) is 0 Å². The molecule has 2 aromatic heterocycles.